The lowest BCUT2D eigenvalue weighted by Crippen LogP contribution is -2.25. The van der Waals surface area contributed by atoms with Crippen molar-refractivity contribution in [3.8, 4) is 0 Å². The van der Waals surface area contributed by atoms with Crippen LogP contribution in [0.4, 0.5) is 0 Å². The van der Waals surface area contributed by atoms with Crippen LogP contribution in [0.2, 0.25) is 0 Å². The van der Waals surface area contributed by atoms with Crippen LogP contribution in [0.15, 0.2) is 21.2 Å². The number of halogens is 1. The van der Waals surface area contributed by atoms with Crippen LogP contribution in [0.3, 0.4) is 0 Å². The first kappa shape index (κ1) is 11.2. The minimum atomic E-state index is 0.0730. The summed E-state index contributed by atoms with van der Waals surface area (Å²) in [6, 6.07) is 3.97. The summed E-state index contributed by atoms with van der Waals surface area (Å²) in [5, 5.41) is 0. The third-order valence-electron chi connectivity index (χ3n) is 3.49. The van der Waals surface area contributed by atoms with E-state index >= 15 is 0 Å². The van der Waals surface area contributed by atoms with E-state index in [1.54, 1.807) is 0 Å². The van der Waals surface area contributed by atoms with E-state index in [1.165, 1.54) is 25.7 Å². The van der Waals surface area contributed by atoms with Gasteiger partial charge in [-0.1, -0.05) is 19.8 Å². The zero-order valence-electron chi connectivity index (χ0n) is 9.08. The third-order valence-corrected chi connectivity index (χ3v) is 3.92. The molecule has 0 bridgehead atoms. The van der Waals surface area contributed by atoms with Crippen LogP contribution in [-0.4, -0.2) is 0 Å². The minimum absolute atomic E-state index is 0.0730. The fourth-order valence-electron chi connectivity index (χ4n) is 2.38. The molecule has 0 spiro atoms. The lowest BCUT2D eigenvalue weighted by molar-refractivity contribution is 0.238. The highest BCUT2D eigenvalue weighted by Gasteiger charge is 2.26. The van der Waals surface area contributed by atoms with Crippen LogP contribution in [0.5, 0.6) is 0 Å². The minimum Gasteiger partial charge on any atom is -0.453 e. The number of hydrogen-bond donors (Lipinski definition) is 1. The van der Waals surface area contributed by atoms with E-state index in [0.29, 0.717) is 5.92 Å². The molecule has 0 amide bonds. The van der Waals surface area contributed by atoms with Gasteiger partial charge in [-0.15, -0.1) is 0 Å². The first-order valence-electron chi connectivity index (χ1n) is 5.67. The summed E-state index contributed by atoms with van der Waals surface area (Å²) >= 11 is 3.31. The highest BCUT2D eigenvalue weighted by Crippen LogP contribution is 2.36. The molecule has 1 unspecified atom stereocenters. The fourth-order valence-corrected chi connectivity index (χ4v) is 2.70. The predicted molar refractivity (Wildman–Crippen MR) is 64.5 cm³/mol. The van der Waals surface area contributed by atoms with Crippen LogP contribution in [-0.2, 0) is 0 Å². The molecule has 0 saturated heterocycles. The Morgan fingerprint density at radius 2 is 2.00 bits per heavy atom. The lowest BCUT2D eigenvalue weighted by atomic mass is 9.79. The van der Waals surface area contributed by atoms with Gasteiger partial charge < -0.3 is 10.2 Å². The van der Waals surface area contributed by atoms with Crippen molar-refractivity contribution in [3.63, 3.8) is 0 Å². The summed E-state index contributed by atoms with van der Waals surface area (Å²) in [7, 11) is 0. The molecule has 2 nitrogen and oxygen atoms in total. The van der Waals surface area contributed by atoms with Gasteiger partial charge in [0.15, 0.2) is 4.67 Å². The maximum Gasteiger partial charge on any atom is 0.169 e. The highest BCUT2D eigenvalue weighted by molar-refractivity contribution is 9.10. The fraction of sp³-hybridized carbons (Fsp3) is 0.667. The van der Waals surface area contributed by atoms with Crippen LogP contribution < -0.4 is 5.73 Å². The second kappa shape index (κ2) is 4.71. The summed E-state index contributed by atoms with van der Waals surface area (Å²) in [4.78, 5) is 0. The van der Waals surface area contributed by atoms with Crippen LogP contribution >= 0.6 is 15.9 Å². The van der Waals surface area contributed by atoms with Gasteiger partial charge in [0.25, 0.3) is 0 Å². The first-order chi connectivity index (χ1) is 7.16. The average molecular weight is 272 g/mol. The molecule has 1 aliphatic rings. The second-order valence-electron chi connectivity index (χ2n) is 4.69. The van der Waals surface area contributed by atoms with Crippen molar-refractivity contribution in [3.05, 3.63) is 22.6 Å². The maximum absolute atomic E-state index is 6.21. The van der Waals surface area contributed by atoms with Crippen LogP contribution in [0.25, 0.3) is 0 Å². The van der Waals surface area contributed by atoms with Crippen molar-refractivity contribution in [2.75, 3.05) is 0 Å². The average Bonchev–Trinajstić information content (AvgIpc) is 2.65. The molecule has 1 aromatic rings. The molecule has 3 heteroatoms. The zero-order chi connectivity index (χ0) is 10.8. The van der Waals surface area contributed by atoms with E-state index in [9.17, 15) is 0 Å². The SMILES string of the molecule is CC1CCC(C(N)c2ccc(Br)o2)CC1. The molecule has 1 fully saturated rings. The maximum atomic E-state index is 6.21. The Labute approximate surface area is 99.3 Å². The molecular formula is C12H18BrNO. The van der Waals surface area contributed by atoms with E-state index in [1.807, 2.05) is 12.1 Å². The topological polar surface area (TPSA) is 39.2 Å². The van der Waals surface area contributed by atoms with E-state index < -0.39 is 0 Å². The smallest absolute Gasteiger partial charge is 0.169 e. The van der Waals surface area contributed by atoms with Crippen molar-refractivity contribution in [2.45, 2.75) is 38.6 Å². The van der Waals surface area contributed by atoms with Crippen LogP contribution in [0, 0.1) is 11.8 Å². The number of rotatable bonds is 2. The molecule has 1 aromatic heterocycles. The summed E-state index contributed by atoms with van der Waals surface area (Å²) in [6.07, 6.45) is 5.09. The van der Waals surface area contributed by atoms with Gasteiger partial charge in [-0.25, -0.2) is 0 Å². The standard InChI is InChI=1S/C12H18BrNO/c1-8-2-4-9(5-3-8)12(14)10-6-7-11(13)15-10/h6-9,12H,2-5,14H2,1H3. The summed E-state index contributed by atoms with van der Waals surface area (Å²) in [5.74, 6) is 2.39. The monoisotopic (exact) mass is 271 g/mol. The molecule has 2 rings (SSSR count). The van der Waals surface area contributed by atoms with Crippen molar-refractivity contribution in [1.29, 1.82) is 0 Å². The normalized spacial score (nSPS) is 29.0. The number of furan rings is 1. The van der Waals surface area contributed by atoms with E-state index in [4.69, 9.17) is 10.2 Å². The van der Waals surface area contributed by atoms with Gasteiger partial charge in [0, 0.05) is 0 Å². The number of nitrogens with two attached hydrogens (primary N) is 1. The lowest BCUT2D eigenvalue weighted by Gasteiger charge is -2.29. The number of hydrogen-bond acceptors (Lipinski definition) is 2. The molecular weight excluding hydrogens is 254 g/mol. The molecule has 2 N–H and O–H groups in total. The van der Waals surface area contributed by atoms with Gasteiger partial charge in [0.1, 0.15) is 5.76 Å². The van der Waals surface area contributed by atoms with Crippen molar-refractivity contribution in [2.24, 2.45) is 17.6 Å². The summed E-state index contributed by atoms with van der Waals surface area (Å²) in [5.41, 5.74) is 6.21. The molecule has 0 radical (unpaired) electrons. The van der Waals surface area contributed by atoms with Crippen LogP contribution in [0.1, 0.15) is 44.4 Å². The van der Waals surface area contributed by atoms with Gasteiger partial charge >= 0.3 is 0 Å². The van der Waals surface area contributed by atoms with Gasteiger partial charge in [-0.05, 0) is 52.7 Å². The predicted octanol–water partition coefficient (Wildman–Crippen LogP) is 3.87. The quantitative estimate of drug-likeness (QED) is 0.887. The highest BCUT2D eigenvalue weighted by atomic mass is 79.9. The summed E-state index contributed by atoms with van der Waals surface area (Å²) in [6.45, 7) is 2.32. The zero-order valence-corrected chi connectivity index (χ0v) is 10.7. The van der Waals surface area contributed by atoms with E-state index in [0.717, 1.165) is 16.3 Å². The molecule has 0 aliphatic heterocycles. The Bertz CT molecular complexity index is 315. The van der Waals surface area contributed by atoms with E-state index in [2.05, 4.69) is 22.9 Å². The van der Waals surface area contributed by atoms with Gasteiger partial charge in [0.05, 0.1) is 6.04 Å². The van der Waals surface area contributed by atoms with E-state index in [-0.39, 0.29) is 6.04 Å². The molecule has 1 heterocycles. The molecule has 1 atom stereocenters. The third kappa shape index (κ3) is 2.64. The first-order valence-corrected chi connectivity index (χ1v) is 6.47. The Morgan fingerprint density at radius 3 is 2.53 bits per heavy atom. The van der Waals surface area contributed by atoms with Crippen molar-refractivity contribution >= 4 is 15.9 Å². The molecule has 1 saturated carbocycles. The second-order valence-corrected chi connectivity index (χ2v) is 5.47. The van der Waals surface area contributed by atoms with Gasteiger partial charge in [-0.3, -0.25) is 0 Å². The van der Waals surface area contributed by atoms with Gasteiger partial charge in [0.2, 0.25) is 0 Å². The molecule has 0 aromatic carbocycles. The Kier molecular flexibility index (Phi) is 3.52. The van der Waals surface area contributed by atoms with Crippen molar-refractivity contribution < 1.29 is 4.42 Å². The van der Waals surface area contributed by atoms with Gasteiger partial charge in [-0.2, -0.15) is 0 Å². The Hall–Kier alpha value is -0.280. The van der Waals surface area contributed by atoms with Crippen molar-refractivity contribution in [1.82, 2.24) is 0 Å². The Balaban J connectivity index is 1.99. The Morgan fingerprint density at radius 1 is 1.33 bits per heavy atom. The molecule has 15 heavy (non-hydrogen) atoms. The summed E-state index contributed by atoms with van der Waals surface area (Å²) < 4.78 is 6.29. The largest absolute Gasteiger partial charge is 0.453 e. The molecule has 1 aliphatic carbocycles. The molecule has 84 valence electrons.